The highest BCUT2D eigenvalue weighted by molar-refractivity contribution is 5.90. The van der Waals surface area contributed by atoms with Gasteiger partial charge in [-0.2, -0.15) is 5.10 Å². The van der Waals surface area contributed by atoms with E-state index in [-0.39, 0.29) is 30.1 Å². The van der Waals surface area contributed by atoms with Gasteiger partial charge in [-0.15, -0.1) is 0 Å². The van der Waals surface area contributed by atoms with Crippen LogP contribution in [0.3, 0.4) is 0 Å². The summed E-state index contributed by atoms with van der Waals surface area (Å²) in [6.45, 7) is 5.12. The number of piperidine rings is 1. The Bertz CT molecular complexity index is 657. The molecule has 1 aromatic heterocycles. The Morgan fingerprint density at radius 3 is 2.77 bits per heavy atom. The number of nitrogens with two attached hydrogens (primary N) is 1. The summed E-state index contributed by atoms with van der Waals surface area (Å²) in [6, 6.07) is 1.36. The Morgan fingerprint density at radius 2 is 2.19 bits per heavy atom. The van der Waals surface area contributed by atoms with E-state index in [0.29, 0.717) is 19.5 Å². The van der Waals surface area contributed by atoms with Crippen LogP contribution in [0, 0.1) is 11.8 Å². The molecule has 0 aromatic carbocycles. The Kier molecular flexibility index (Phi) is 6.59. The number of aromatic amines is 1. The molecule has 26 heavy (non-hydrogen) atoms. The second-order valence-electron chi connectivity index (χ2n) is 7.21. The van der Waals surface area contributed by atoms with Crippen molar-refractivity contribution < 1.29 is 19.5 Å². The van der Waals surface area contributed by atoms with Crippen LogP contribution in [0.4, 0.5) is 4.79 Å². The highest BCUT2D eigenvalue weighted by Gasteiger charge is 2.27. The summed E-state index contributed by atoms with van der Waals surface area (Å²) in [6.07, 6.45) is 2.20. The Morgan fingerprint density at radius 1 is 1.46 bits per heavy atom. The summed E-state index contributed by atoms with van der Waals surface area (Å²) in [5, 5.41) is 18.7. The van der Waals surface area contributed by atoms with Gasteiger partial charge in [0.05, 0.1) is 5.92 Å². The fraction of sp³-hybridized carbons (Fsp3) is 0.647. The molecule has 2 rings (SSSR count). The fourth-order valence-electron chi connectivity index (χ4n) is 3.25. The minimum atomic E-state index is -0.896. The number of hydrogen-bond acceptors (Lipinski definition) is 4. The Balaban J connectivity index is 1.92. The summed E-state index contributed by atoms with van der Waals surface area (Å²) < 4.78 is 0. The minimum absolute atomic E-state index is 0.0426. The van der Waals surface area contributed by atoms with E-state index >= 15 is 0 Å². The molecule has 0 spiro atoms. The van der Waals surface area contributed by atoms with Crippen molar-refractivity contribution in [1.82, 2.24) is 20.4 Å². The van der Waals surface area contributed by atoms with E-state index in [4.69, 9.17) is 5.73 Å². The number of rotatable bonds is 7. The molecule has 9 heteroatoms. The molecule has 2 unspecified atom stereocenters. The van der Waals surface area contributed by atoms with Gasteiger partial charge < -0.3 is 21.1 Å². The summed E-state index contributed by atoms with van der Waals surface area (Å²) >= 11 is 0. The molecule has 0 saturated carbocycles. The molecule has 1 aromatic rings. The van der Waals surface area contributed by atoms with Gasteiger partial charge >= 0.3 is 12.0 Å². The van der Waals surface area contributed by atoms with Crippen molar-refractivity contribution in [2.45, 2.75) is 39.0 Å². The number of carboxylic acids is 1. The standard InChI is InChI=1S/C17H27N5O4/c1-10(2)6-12(16(24)25)8-19-17(26)22-5-3-4-11(9-22)13-7-14(15(18)23)21-20-13/h7,10-12H,3-6,8-9H2,1-2H3,(H2,18,23)(H,19,26)(H,20,21)(H,24,25). The quantitative estimate of drug-likeness (QED) is 0.573. The molecule has 0 bridgehead atoms. The third-order valence-electron chi connectivity index (χ3n) is 4.60. The molecule has 3 amide bonds. The number of carbonyl (C=O) groups is 3. The number of hydrogen-bond donors (Lipinski definition) is 4. The molecule has 2 heterocycles. The van der Waals surface area contributed by atoms with E-state index in [1.54, 1.807) is 11.0 Å². The van der Waals surface area contributed by atoms with E-state index in [9.17, 15) is 19.5 Å². The molecular weight excluding hydrogens is 338 g/mol. The lowest BCUT2D eigenvalue weighted by atomic mass is 9.94. The summed E-state index contributed by atoms with van der Waals surface area (Å²) in [7, 11) is 0. The van der Waals surface area contributed by atoms with Gasteiger partial charge in [-0.1, -0.05) is 13.8 Å². The topological polar surface area (TPSA) is 141 Å². The van der Waals surface area contributed by atoms with Crippen LogP contribution in [0.5, 0.6) is 0 Å². The number of urea groups is 1. The number of primary amides is 1. The van der Waals surface area contributed by atoms with Crippen LogP contribution in [0.15, 0.2) is 6.07 Å². The van der Waals surface area contributed by atoms with Crippen LogP contribution in [-0.2, 0) is 4.79 Å². The largest absolute Gasteiger partial charge is 0.481 e. The lowest BCUT2D eigenvalue weighted by Crippen LogP contribution is -2.47. The molecule has 1 saturated heterocycles. The molecule has 9 nitrogen and oxygen atoms in total. The third kappa shape index (κ3) is 5.21. The van der Waals surface area contributed by atoms with Gasteiger partial charge in [0.25, 0.3) is 5.91 Å². The number of nitrogens with one attached hydrogen (secondary N) is 2. The van der Waals surface area contributed by atoms with E-state index in [1.165, 1.54) is 0 Å². The first-order valence-electron chi connectivity index (χ1n) is 8.88. The molecule has 5 N–H and O–H groups in total. The lowest BCUT2D eigenvalue weighted by Gasteiger charge is -2.32. The third-order valence-corrected chi connectivity index (χ3v) is 4.60. The van der Waals surface area contributed by atoms with Gasteiger partial charge in [0, 0.05) is 31.2 Å². The zero-order valence-corrected chi connectivity index (χ0v) is 15.2. The highest BCUT2D eigenvalue weighted by Crippen LogP contribution is 2.26. The van der Waals surface area contributed by atoms with E-state index in [0.717, 1.165) is 18.5 Å². The summed E-state index contributed by atoms with van der Waals surface area (Å²) in [4.78, 5) is 36.6. The average molecular weight is 365 g/mol. The number of nitrogens with zero attached hydrogens (tertiary/aromatic N) is 2. The predicted octanol–water partition coefficient (Wildman–Crippen LogP) is 1.14. The van der Waals surface area contributed by atoms with Crippen LogP contribution in [0.25, 0.3) is 0 Å². The molecule has 1 aliphatic rings. The summed E-state index contributed by atoms with van der Waals surface area (Å²) in [5.41, 5.74) is 6.17. The fourth-order valence-corrected chi connectivity index (χ4v) is 3.25. The zero-order chi connectivity index (χ0) is 19.3. The molecular formula is C17H27N5O4. The molecule has 0 radical (unpaired) electrons. The van der Waals surface area contributed by atoms with Crippen molar-refractivity contribution in [3.05, 3.63) is 17.5 Å². The number of H-pyrrole nitrogens is 1. The first-order chi connectivity index (χ1) is 12.3. The van der Waals surface area contributed by atoms with Crippen molar-refractivity contribution in [1.29, 1.82) is 0 Å². The van der Waals surface area contributed by atoms with Gasteiger partial charge in [-0.25, -0.2) is 4.79 Å². The van der Waals surface area contributed by atoms with Crippen molar-refractivity contribution in [3.8, 4) is 0 Å². The second kappa shape index (κ2) is 8.68. The number of likely N-dealkylation sites (tertiary alicyclic amines) is 1. The van der Waals surface area contributed by atoms with Crippen molar-refractivity contribution >= 4 is 17.9 Å². The van der Waals surface area contributed by atoms with Gasteiger partial charge in [0.15, 0.2) is 0 Å². The monoisotopic (exact) mass is 365 g/mol. The normalized spacial score (nSPS) is 18.6. The molecule has 1 fully saturated rings. The minimum Gasteiger partial charge on any atom is -0.481 e. The van der Waals surface area contributed by atoms with Crippen molar-refractivity contribution in [2.24, 2.45) is 17.6 Å². The number of carbonyl (C=O) groups excluding carboxylic acids is 2. The number of amides is 3. The Labute approximate surface area is 152 Å². The number of aliphatic carboxylic acids is 1. The first kappa shape index (κ1) is 19.7. The predicted molar refractivity (Wildman–Crippen MR) is 94.6 cm³/mol. The second-order valence-corrected chi connectivity index (χ2v) is 7.21. The maximum absolute atomic E-state index is 12.4. The molecule has 0 aliphatic carbocycles. The number of carboxylic acid groups (broad SMARTS) is 1. The SMILES string of the molecule is CC(C)CC(CNC(=O)N1CCCC(c2cc(C(N)=O)n[nH]2)C1)C(=O)O. The average Bonchev–Trinajstić information content (AvgIpc) is 3.08. The number of aromatic nitrogens is 2. The van der Waals surface area contributed by atoms with Gasteiger partial charge in [0.2, 0.25) is 0 Å². The van der Waals surface area contributed by atoms with E-state index < -0.39 is 17.8 Å². The first-order valence-corrected chi connectivity index (χ1v) is 8.88. The zero-order valence-electron chi connectivity index (χ0n) is 15.2. The maximum atomic E-state index is 12.4. The van der Waals surface area contributed by atoms with Gasteiger partial charge in [-0.05, 0) is 31.2 Å². The van der Waals surface area contributed by atoms with Crippen LogP contribution in [0.1, 0.15) is 55.2 Å². The van der Waals surface area contributed by atoms with Crippen molar-refractivity contribution in [3.63, 3.8) is 0 Å². The van der Waals surface area contributed by atoms with E-state index in [2.05, 4.69) is 15.5 Å². The van der Waals surface area contributed by atoms with Gasteiger partial charge in [0.1, 0.15) is 5.69 Å². The van der Waals surface area contributed by atoms with Crippen molar-refractivity contribution in [2.75, 3.05) is 19.6 Å². The summed E-state index contributed by atoms with van der Waals surface area (Å²) in [5.74, 6) is -1.80. The van der Waals surface area contributed by atoms with E-state index in [1.807, 2.05) is 13.8 Å². The lowest BCUT2D eigenvalue weighted by molar-refractivity contribution is -0.142. The maximum Gasteiger partial charge on any atom is 0.317 e. The van der Waals surface area contributed by atoms with Crippen LogP contribution in [-0.4, -0.2) is 57.7 Å². The Hall–Kier alpha value is -2.58. The van der Waals surface area contributed by atoms with Crippen LogP contribution in [0.2, 0.25) is 0 Å². The van der Waals surface area contributed by atoms with Crippen LogP contribution < -0.4 is 11.1 Å². The highest BCUT2D eigenvalue weighted by atomic mass is 16.4. The van der Waals surface area contributed by atoms with Gasteiger partial charge in [-0.3, -0.25) is 14.7 Å². The molecule has 1 aliphatic heterocycles. The smallest absolute Gasteiger partial charge is 0.317 e. The molecule has 144 valence electrons. The van der Waals surface area contributed by atoms with Crippen LogP contribution >= 0.6 is 0 Å². The molecule has 2 atom stereocenters.